The van der Waals surface area contributed by atoms with Crippen LogP contribution in [0, 0.1) is 0 Å². The van der Waals surface area contributed by atoms with Crippen molar-refractivity contribution in [2.24, 2.45) is 0 Å². The van der Waals surface area contributed by atoms with Crippen molar-refractivity contribution in [1.82, 2.24) is 9.55 Å². The minimum atomic E-state index is 0.849. The van der Waals surface area contributed by atoms with Gasteiger partial charge in [-0.05, 0) is 76.9 Å². The molecule has 3 heterocycles. The van der Waals surface area contributed by atoms with Gasteiger partial charge in [0.1, 0.15) is 11.2 Å². The number of aromatic nitrogens is 2. The zero-order valence-corrected chi connectivity index (χ0v) is 27.1. The molecule has 3 aromatic heterocycles. The van der Waals surface area contributed by atoms with Gasteiger partial charge in [-0.25, -0.2) is 4.98 Å². The molecule has 0 amide bonds. The van der Waals surface area contributed by atoms with Crippen molar-refractivity contribution in [3.8, 4) is 50.5 Å². The van der Waals surface area contributed by atoms with Crippen molar-refractivity contribution in [3.63, 3.8) is 0 Å². The van der Waals surface area contributed by atoms with E-state index in [0.717, 1.165) is 66.8 Å². The average molecular weight is 639 g/mol. The predicted molar refractivity (Wildman–Crippen MR) is 208 cm³/mol. The van der Waals surface area contributed by atoms with Crippen LogP contribution in [0.2, 0.25) is 0 Å². The van der Waals surface area contributed by atoms with E-state index in [-0.39, 0.29) is 0 Å². The Morgan fingerprint density at radius 1 is 0.380 bits per heavy atom. The van der Waals surface area contributed by atoms with E-state index < -0.39 is 0 Å². The molecular formula is C47H30N2O. The number of rotatable bonds is 5. The molecule has 0 atom stereocenters. The summed E-state index contributed by atoms with van der Waals surface area (Å²) in [6, 6.07) is 64.3. The van der Waals surface area contributed by atoms with Gasteiger partial charge >= 0.3 is 0 Å². The zero-order chi connectivity index (χ0) is 33.0. The van der Waals surface area contributed by atoms with E-state index in [1.165, 1.54) is 27.4 Å². The lowest BCUT2D eigenvalue weighted by atomic mass is 9.96. The molecule has 0 radical (unpaired) electrons. The number of hydrogen-bond donors (Lipinski definition) is 0. The van der Waals surface area contributed by atoms with Crippen molar-refractivity contribution in [2.45, 2.75) is 0 Å². The van der Waals surface area contributed by atoms with Crippen molar-refractivity contribution < 1.29 is 4.42 Å². The summed E-state index contributed by atoms with van der Waals surface area (Å²) >= 11 is 0. The Hall–Kier alpha value is -6.71. The molecule has 7 aromatic carbocycles. The van der Waals surface area contributed by atoms with E-state index in [9.17, 15) is 0 Å². The molecule has 0 saturated heterocycles. The van der Waals surface area contributed by atoms with Gasteiger partial charge in [-0.15, -0.1) is 0 Å². The van der Waals surface area contributed by atoms with E-state index >= 15 is 0 Å². The number of pyridine rings is 1. The first-order valence-electron chi connectivity index (χ1n) is 17.0. The van der Waals surface area contributed by atoms with Crippen LogP contribution in [0.15, 0.2) is 186 Å². The molecule has 0 unspecified atom stereocenters. The van der Waals surface area contributed by atoms with Crippen LogP contribution in [0.25, 0.3) is 94.2 Å². The van der Waals surface area contributed by atoms with Gasteiger partial charge in [0.15, 0.2) is 0 Å². The smallest absolute Gasteiger partial charge is 0.144 e. The Balaban J connectivity index is 1.22. The van der Waals surface area contributed by atoms with Gasteiger partial charge in [-0.1, -0.05) is 127 Å². The highest BCUT2D eigenvalue weighted by Gasteiger charge is 2.18. The van der Waals surface area contributed by atoms with Crippen LogP contribution >= 0.6 is 0 Å². The molecule has 50 heavy (non-hydrogen) atoms. The number of nitrogens with zero attached hydrogens (tertiary/aromatic N) is 2. The maximum Gasteiger partial charge on any atom is 0.144 e. The first-order chi connectivity index (χ1) is 24.8. The van der Waals surface area contributed by atoms with E-state index in [1.54, 1.807) is 0 Å². The first kappa shape index (κ1) is 28.3. The number of benzene rings is 7. The summed E-state index contributed by atoms with van der Waals surface area (Å²) in [6.45, 7) is 0. The first-order valence-corrected chi connectivity index (χ1v) is 17.0. The van der Waals surface area contributed by atoms with Crippen molar-refractivity contribution in [1.29, 1.82) is 0 Å². The van der Waals surface area contributed by atoms with Crippen molar-refractivity contribution >= 4 is 43.7 Å². The molecule has 0 spiro atoms. The maximum absolute atomic E-state index is 6.52. The second-order valence-corrected chi connectivity index (χ2v) is 12.8. The highest BCUT2D eigenvalue weighted by molar-refractivity contribution is 6.11. The molecule has 0 fully saturated rings. The Morgan fingerprint density at radius 2 is 1.02 bits per heavy atom. The van der Waals surface area contributed by atoms with Crippen LogP contribution in [-0.4, -0.2) is 9.55 Å². The molecule has 0 aliphatic carbocycles. The van der Waals surface area contributed by atoms with Crippen LogP contribution in [-0.2, 0) is 0 Å². The molecule has 10 rings (SSSR count). The summed E-state index contributed by atoms with van der Waals surface area (Å²) in [5.74, 6) is 0. The van der Waals surface area contributed by atoms with Gasteiger partial charge in [0.2, 0.25) is 0 Å². The molecular weight excluding hydrogens is 609 g/mol. The minimum Gasteiger partial charge on any atom is -0.455 e. The van der Waals surface area contributed by atoms with Gasteiger partial charge in [0, 0.05) is 38.4 Å². The van der Waals surface area contributed by atoms with E-state index in [0.29, 0.717) is 0 Å². The van der Waals surface area contributed by atoms with Gasteiger partial charge in [0.25, 0.3) is 0 Å². The normalized spacial score (nSPS) is 11.6. The second kappa shape index (κ2) is 11.5. The molecule has 0 aliphatic heterocycles. The van der Waals surface area contributed by atoms with E-state index in [4.69, 9.17) is 9.40 Å². The molecule has 0 N–H and O–H groups in total. The summed E-state index contributed by atoms with van der Waals surface area (Å²) in [4.78, 5) is 5.39. The molecule has 3 heteroatoms. The SMILES string of the molecule is c1ccc(-c2cccc(-c3cc(-c4ccc5c6ccccc6n(-c6ccccc6)c5c4)nc(-c4cccc5c4oc4ccccc45)c3)c2)cc1. The van der Waals surface area contributed by atoms with Crippen LogP contribution < -0.4 is 0 Å². The number of fused-ring (bicyclic) bond motifs is 6. The summed E-state index contributed by atoms with van der Waals surface area (Å²) in [5, 5.41) is 4.64. The maximum atomic E-state index is 6.52. The number of hydrogen-bond acceptors (Lipinski definition) is 2. The fourth-order valence-electron chi connectivity index (χ4n) is 7.43. The summed E-state index contributed by atoms with van der Waals surface area (Å²) in [5.41, 5.74) is 13.6. The van der Waals surface area contributed by atoms with Crippen LogP contribution in [0.3, 0.4) is 0 Å². The molecule has 0 aliphatic rings. The summed E-state index contributed by atoms with van der Waals surface area (Å²) < 4.78 is 8.88. The number of furan rings is 1. The molecule has 3 nitrogen and oxygen atoms in total. The van der Waals surface area contributed by atoms with Crippen LogP contribution in [0.4, 0.5) is 0 Å². The summed E-state index contributed by atoms with van der Waals surface area (Å²) in [7, 11) is 0. The Morgan fingerprint density at radius 3 is 1.88 bits per heavy atom. The Bertz CT molecular complexity index is 2860. The zero-order valence-electron chi connectivity index (χ0n) is 27.1. The fraction of sp³-hybridized carbons (Fsp3) is 0. The van der Waals surface area contributed by atoms with Crippen LogP contribution in [0.1, 0.15) is 0 Å². The van der Waals surface area contributed by atoms with Crippen molar-refractivity contribution in [2.75, 3.05) is 0 Å². The quantitative estimate of drug-likeness (QED) is 0.188. The van der Waals surface area contributed by atoms with E-state index in [1.807, 2.05) is 12.1 Å². The lowest BCUT2D eigenvalue weighted by molar-refractivity contribution is 0.670. The highest BCUT2D eigenvalue weighted by atomic mass is 16.3. The third-order valence-electron chi connectivity index (χ3n) is 9.79. The van der Waals surface area contributed by atoms with Gasteiger partial charge < -0.3 is 8.98 Å². The summed E-state index contributed by atoms with van der Waals surface area (Å²) in [6.07, 6.45) is 0. The minimum absolute atomic E-state index is 0.849. The van der Waals surface area contributed by atoms with E-state index in [2.05, 4.69) is 174 Å². The highest BCUT2D eigenvalue weighted by Crippen LogP contribution is 2.40. The number of para-hydroxylation sites is 4. The predicted octanol–water partition coefficient (Wildman–Crippen LogP) is 12.7. The molecule has 0 saturated carbocycles. The Kier molecular flexibility index (Phi) is 6.49. The lowest BCUT2D eigenvalue weighted by Crippen LogP contribution is -1.94. The molecule has 0 bridgehead atoms. The second-order valence-electron chi connectivity index (χ2n) is 12.8. The molecule has 234 valence electrons. The Labute approximate surface area is 289 Å². The van der Waals surface area contributed by atoms with Crippen molar-refractivity contribution in [3.05, 3.63) is 182 Å². The monoisotopic (exact) mass is 638 g/mol. The third-order valence-corrected chi connectivity index (χ3v) is 9.79. The third kappa shape index (κ3) is 4.63. The van der Waals surface area contributed by atoms with Gasteiger partial charge in [0.05, 0.1) is 22.4 Å². The lowest BCUT2D eigenvalue weighted by Gasteiger charge is -2.13. The standard InChI is InChI=1S/C47H30N2O/c1-3-13-31(14-4-1)32-15-11-16-33(27-32)35-28-42(48-43(29-35)41-22-12-21-40-39-20-8-10-24-46(39)50-47(40)41)34-25-26-38-37-19-7-9-23-44(37)49(45(38)30-34)36-17-5-2-6-18-36/h1-30H. The van der Waals surface area contributed by atoms with Gasteiger partial charge in [-0.2, -0.15) is 0 Å². The largest absolute Gasteiger partial charge is 0.455 e. The average Bonchev–Trinajstić information content (AvgIpc) is 3.74. The van der Waals surface area contributed by atoms with Crippen LogP contribution in [0.5, 0.6) is 0 Å². The van der Waals surface area contributed by atoms with Gasteiger partial charge in [-0.3, -0.25) is 0 Å². The molecule has 10 aromatic rings. The fourth-order valence-corrected chi connectivity index (χ4v) is 7.43. The topological polar surface area (TPSA) is 31.0 Å².